The van der Waals surface area contributed by atoms with Crippen molar-refractivity contribution in [1.29, 1.82) is 0 Å². The molecule has 0 fully saturated rings. The highest BCUT2D eigenvalue weighted by Gasteiger charge is 2.39. The van der Waals surface area contributed by atoms with Crippen LogP contribution in [0.5, 0.6) is 0 Å². The summed E-state index contributed by atoms with van der Waals surface area (Å²) in [5.74, 6) is -0.374. The fraction of sp³-hybridized carbons (Fsp3) is 0.538. The quantitative estimate of drug-likeness (QED) is 0.789. The van der Waals surface area contributed by atoms with Gasteiger partial charge in [0.15, 0.2) is 0 Å². The molecule has 100 valence electrons. The van der Waals surface area contributed by atoms with Crippen LogP contribution in [-0.4, -0.2) is 28.5 Å². The van der Waals surface area contributed by atoms with E-state index in [0.717, 1.165) is 0 Å². The van der Waals surface area contributed by atoms with E-state index in [1.165, 1.54) is 6.07 Å². The summed E-state index contributed by atoms with van der Waals surface area (Å²) in [7, 11) is -1.16. The third kappa shape index (κ3) is 3.80. The Morgan fingerprint density at radius 3 is 2.28 bits per heavy atom. The van der Waals surface area contributed by atoms with E-state index in [2.05, 4.69) is 0 Å². The molecule has 1 aromatic rings. The second kappa shape index (κ2) is 5.39. The van der Waals surface area contributed by atoms with E-state index in [9.17, 15) is 14.5 Å². The Kier molecular flexibility index (Phi) is 4.53. The van der Waals surface area contributed by atoms with Crippen molar-refractivity contribution >= 4 is 7.12 Å². The summed E-state index contributed by atoms with van der Waals surface area (Å²) in [6.07, 6.45) is 0.0478. The molecule has 0 aliphatic rings. The molecular weight excluding hydrogens is 234 g/mol. The van der Waals surface area contributed by atoms with Crippen molar-refractivity contribution in [3.63, 3.8) is 0 Å². The molecule has 0 amide bonds. The largest absolute Gasteiger partial charge is 0.459 e. The first kappa shape index (κ1) is 15.2. The lowest BCUT2D eigenvalue weighted by Crippen LogP contribution is -2.50. The normalized spacial score (nSPS) is 12.6. The van der Waals surface area contributed by atoms with Crippen LogP contribution in [0.2, 0.25) is 0 Å². The van der Waals surface area contributed by atoms with Crippen molar-refractivity contribution in [1.82, 2.24) is 0 Å². The van der Waals surface area contributed by atoms with Gasteiger partial charge in [0.25, 0.3) is 0 Å². The van der Waals surface area contributed by atoms with Gasteiger partial charge >= 0.3 is 7.12 Å². The Morgan fingerprint density at radius 2 is 1.78 bits per heavy atom. The lowest BCUT2D eigenvalue weighted by atomic mass is 9.78. The van der Waals surface area contributed by atoms with Gasteiger partial charge in [0.2, 0.25) is 0 Å². The summed E-state index contributed by atoms with van der Waals surface area (Å²) in [5, 5.41) is 19.7. The number of benzene rings is 1. The molecule has 3 nitrogen and oxygen atoms in total. The zero-order valence-corrected chi connectivity index (χ0v) is 11.3. The van der Waals surface area contributed by atoms with E-state index in [-0.39, 0.29) is 12.1 Å². The summed E-state index contributed by atoms with van der Waals surface area (Å²) in [5.41, 5.74) is -1.66. The first-order valence-electron chi connectivity index (χ1n) is 5.95. The first-order valence-corrected chi connectivity index (χ1v) is 5.95. The molecule has 2 N–H and O–H groups in total. The van der Waals surface area contributed by atoms with E-state index < -0.39 is 18.3 Å². The summed E-state index contributed by atoms with van der Waals surface area (Å²) in [6.45, 7) is 6.56. The Labute approximate surface area is 108 Å². The predicted octanol–water partition coefficient (Wildman–Crippen LogP) is 1.95. The van der Waals surface area contributed by atoms with Gasteiger partial charge in [-0.25, -0.2) is 4.39 Å². The highest BCUT2D eigenvalue weighted by Crippen LogP contribution is 2.26. The van der Waals surface area contributed by atoms with E-state index in [0.29, 0.717) is 5.56 Å². The third-order valence-electron chi connectivity index (χ3n) is 3.26. The summed E-state index contributed by atoms with van der Waals surface area (Å²) in [4.78, 5) is 0. The number of hydrogen-bond donors (Lipinski definition) is 2. The van der Waals surface area contributed by atoms with Gasteiger partial charge in [-0.05, 0) is 39.3 Å². The van der Waals surface area contributed by atoms with Crippen LogP contribution < -0.4 is 0 Å². The molecule has 0 atom stereocenters. The molecule has 18 heavy (non-hydrogen) atoms. The van der Waals surface area contributed by atoms with Gasteiger partial charge in [0, 0.05) is 6.32 Å². The van der Waals surface area contributed by atoms with Crippen molar-refractivity contribution in [2.45, 2.75) is 45.2 Å². The van der Waals surface area contributed by atoms with Crippen LogP contribution in [-0.2, 0) is 11.0 Å². The van der Waals surface area contributed by atoms with Crippen LogP contribution in [0.15, 0.2) is 24.3 Å². The fourth-order valence-corrected chi connectivity index (χ4v) is 1.38. The zero-order valence-electron chi connectivity index (χ0n) is 11.3. The molecule has 0 radical (unpaired) electrons. The molecular formula is C13H20BFO3. The van der Waals surface area contributed by atoms with Gasteiger partial charge in [-0.1, -0.05) is 18.2 Å². The van der Waals surface area contributed by atoms with E-state index in [4.69, 9.17) is 4.65 Å². The van der Waals surface area contributed by atoms with Gasteiger partial charge in [-0.2, -0.15) is 0 Å². The predicted molar refractivity (Wildman–Crippen MR) is 69.5 cm³/mol. The molecule has 0 aromatic heterocycles. The standard InChI is InChI=1S/C13H20BFO3/c1-12(2,16)13(3,4)18-14(17)9-10-7-5-6-8-11(10)15/h5-8,16-17H,9H2,1-4H3. The van der Waals surface area contributed by atoms with Crippen molar-refractivity contribution < 1.29 is 19.2 Å². The van der Waals surface area contributed by atoms with Crippen LogP contribution in [0.4, 0.5) is 4.39 Å². The number of rotatable bonds is 5. The number of halogens is 1. The van der Waals surface area contributed by atoms with Gasteiger partial charge in [-0.15, -0.1) is 0 Å². The van der Waals surface area contributed by atoms with E-state index >= 15 is 0 Å². The minimum Gasteiger partial charge on any atom is -0.427 e. The first-order chi connectivity index (χ1) is 8.13. The Balaban J connectivity index is 2.68. The van der Waals surface area contributed by atoms with Gasteiger partial charge in [0.1, 0.15) is 5.82 Å². The van der Waals surface area contributed by atoms with Crippen LogP contribution >= 0.6 is 0 Å². The summed E-state index contributed by atoms with van der Waals surface area (Å²) >= 11 is 0. The van der Waals surface area contributed by atoms with Crippen molar-refractivity contribution in [2.24, 2.45) is 0 Å². The molecule has 0 saturated carbocycles. The molecule has 0 unspecified atom stereocenters. The van der Waals surface area contributed by atoms with E-state index in [1.807, 2.05) is 0 Å². The smallest absolute Gasteiger partial charge is 0.427 e. The van der Waals surface area contributed by atoms with Crippen molar-refractivity contribution in [3.8, 4) is 0 Å². The SMILES string of the molecule is CC(C)(O)C(C)(C)OB(O)Cc1ccccc1F. The molecule has 5 heteroatoms. The highest BCUT2D eigenvalue weighted by molar-refractivity contribution is 6.42. The van der Waals surface area contributed by atoms with Crippen molar-refractivity contribution in [3.05, 3.63) is 35.6 Å². The Bertz CT molecular complexity index is 401. The number of hydrogen-bond acceptors (Lipinski definition) is 3. The molecule has 0 aliphatic heterocycles. The van der Waals surface area contributed by atoms with Gasteiger partial charge in [-0.3, -0.25) is 0 Å². The molecule has 1 aromatic carbocycles. The monoisotopic (exact) mass is 254 g/mol. The molecule has 0 spiro atoms. The second-order valence-electron chi connectivity index (χ2n) is 5.44. The summed E-state index contributed by atoms with van der Waals surface area (Å²) in [6, 6.07) is 6.22. The van der Waals surface area contributed by atoms with Crippen molar-refractivity contribution in [2.75, 3.05) is 0 Å². The lowest BCUT2D eigenvalue weighted by molar-refractivity contribution is -0.100. The fourth-order valence-electron chi connectivity index (χ4n) is 1.38. The topological polar surface area (TPSA) is 49.7 Å². The average Bonchev–Trinajstić information content (AvgIpc) is 2.19. The lowest BCUT2D eigenvalue weighted by Gasteiger charge is -2.38. The van der Waals surface area contributed by atoms with Crippen LogP contribution in [0.3, 0.4) is 0 Å². The maximum absolute atomic E-state index is 13.4. The highest BCUT2D eigenvalue weighted by atomic mass is 19.1. The average molecular weight is 254 g/mol. The maximum atomic E-state index is 13.4. The Morgan fingerprint density at radius 1 is 1.22 bits per heavy atom. The molecule has 0 saturated heterocycles. The second-order valence-corrected chi connectivity index (χ2v) is 5.44. The van der Waals surface area contributed by atoms with E-state index in [1.54, 1.807) is 45.9 Å². The van der Waals surface area contributed by atoms with Crippen LogP contribution in [0, 0.1) is 5.82 Å². The maximum Gasteiger partial charge on any atom is 0.459 e. The minimum atomic E-state index is -1.16. The minimum absolute atomic E-state index is 0.0478. The molecule has 0 heterocycles. The molecule has 0 bridgehead atoms. The van der Waals surface area contributed by atoms with Crippen LogP contribution in [0.1, 0.15) is 33.3 Å². The zero-order chi connectivity index (χ0) is 14.0. The van der Waals surface area contributed by atoms with Gasteiger partial charge in [0.05, 0.1) is 11.2 Å². The van der Waals surface area contributed by atoms with Crippen LogP contribution in [0.25, 0.3) is 0 Å². The number of aliphatic hydroxyl groups is 1. The molecule has 0 aliphatic carbocycles. The Hall–Kier alpha value is -0.905. The van der Waals surface area contributed by atoms with Gasteiger partial charge < -0.3 is 14.8 Å². The third-order valence-corrected chi connectivity index (χ3v) is 3.26. The summed E-state index contributed by atoms with van der Waals surface area (Å²) < 4.78 is 18.8. The molecule has 1 rings (SSSR count).